The molecule has 0 spiro atoms. The van der Waals surface area contributed by atoms with Crippen LogP contribution in [-0.2, 0) is 0 Å². The second-order valence-electron chi connectivity index (χ2n) is 12.8. The summed E-state index contributed by atoms with van der Waals surface area (Å²) in [5.74, 6) is 2.30. The molecule has 0 aliphatic carbocycles. The van der Waals surface area contributed by atoms with E-state index < -0.39 is 0 Å². The van der Waals surface area contributed by atoms with Crippen LogP contribution in [0.15, 0.2) is 54.7 Å². The van der Waals surface area contributed by atoms with Gasteiger partial charge in [-0.2, -0.15) is 0 Å². The van der Waals surface area contributed by atoms with Crippen molar-refractivity contribution < 1.29 is 28.5 Å². The molecule has 1 saturated heterocycles. The van der Waals surface area contributed by atoms with E-state index in [1.165, 1.54) is 0 Å². The van der Waals surface area contributed by atoms with E-state index in [9.17, 15) is 9.59 Å². The Balaban J connectivity index is 0.923. The number of carbonyl (C=O) groups excluding carboxylic acids is 2. The van der Waals surface area contributed by atoms with E-state index >= 15 is 0 Å². The van der Waals surface area contributed by atoms with Crippen LogP contribution >= 0.6 is 0 Å². The lowest BCUT2D eigenvalue weighted by Crippen LogP contribution is -2.36. The fraction of sp³-hybridized carbons (Fsp3) is 0.405. The first-order chi connectivity index (χ1) is 23.4. The van der Waals surface area contributed by atoms with Crippen LogP contribution in [0.4, 0.5) is 17.1 Å². The molecule has 2 amide bonds. The van der Waals surface area contributed by atoms with Gasteiger partial charge in [0, 0.05) is 49.7 Å². The van der Waals surface area contributed by atoms with Crippen LogP contribution < -0.4 is 35.3 Å². The van der Waals surface area contributed by atoms with E-state index in [0.717, 1.165) is 74.1 Å². The lowest BCUT2D eigenvalue weighted by Gasteiger charge is -2.21. The van der Waals surface area contributed by atoms with Crippen molar-refractivity contribution >= 4 is 34.4 Å². The normalized spacial score (nSPS) is 19.5. The SMILES string of the molecule is COc1cc2c(cc1OCCCCCOc1cc3c(cc1OC)C(=O)N1CCC[C@H]1CN3)NC[C@@H]1CC(c3ccc(N)cc3)=CN1C2=O. The molecule has 4 N–H and O–H groups in total. The van der Waals surface area contributed by atoms with Gasteiger partial charge in [0.25, 0.3) is 11.8 Å². The number of rotatable bonds is 11. The third-order valence-electron chi connectivity index (χ3n) is 9.73. The van der Waals surface area contributed by atoms with Crippen LogP contribution in [0.2, 0.25) is 0 Å². The summed E-state index contributed by atoms with van der Waals surface area (Å²) in [4.78, 5) is 30.6. The zero-order valence-corrected chi connectivity index (χ0v) is 27.6. The van der Waals surface area contributed by atoms with Crippen molar-refractivity contribution in [3.63, 3.8) is 0 Å². The largest absolute Gasteiger partial charge is 0.493 e. The van der Waals surface area contributed by atoms with E-state index in [-0.39, 0.29) is 23.9 Å². The molecule has 4 aliphatic rings. The van der Waals surface area contributed by atoms with Crippen LogP contribution in [0, 0.1) is 0 Å². The molecule has 0 unspecified atom stereocenters. The zero-order valence-electron chi connectivity index (χ0n) is 27.6. The summed E-state index contributed by atoms with van der Waals surface area (Å²) in [6, 6.07) is 15.3. The predicted molar refractivity (Wildman–Crippen MR) is 185 cm³/mol. The number of fused-ring (bicyclic) bond motifs is 4. The standard InChI is InChI=1S/C37H43N5O6/c1-45-32-16-28-30(39-20-26-7-6-12-41(26)36(28)43)18-34(32)47-13-4-3-5-14-48-35-19-31-29(17-33(35)46-2)37(44)42-22-24(15-27(42)21-40-31)23-8-10-25(38)11-9-23/h8-11,16-19,22,26-27,39-40H,3-7,12-15,20-21,38H2,1-2H3/t26-,27-/m0/s1. The second kappa shape index (κ2) is 13.6. The maximum absolute atomic E-state index is 13.7. The Kier molecular flexibility index (Phi) is 8.92. The Morgan fingerprint density at radius 2 is 1.38 bits per heavy atom. The van der Waals surface area contributed by atoms with Crippen LogP contribution in [0.3, 0.4) is 0 Å². The molecule has 4 heterocycles. The molecule has 11 heteroatoms. The Hall–Kier alpha value is -5.06. The monoisotopic (exact) mass is 653 g/mol. The molecular formula is C37H43N5O6. The molecule has 252 valence electrons. The lowest BCUT2D eigenvalue weighted by atomic mass is 10.0. The molecule has 0 aromatic heterocycles. The molecule has 1 fully saturated rings. The van der Waals surface area contributed by atoms with Gasteiger partial charge in [-0.15, -0.1) is 0 Å². The highest BCUT2D eigenvalue weighted by molar-refractivity contribution is 6.03. The van der Waals surface area contributed by atoms with Gasteiger partial charge < -0.3 is 45.1 Å². The van der Waals surface area contributed by atoms with Crippen LogP contribution in [0.5, 0.6) is 23.0 Å². The lowest BCUT2D eigenvalue weighted by molar-refractivity contribution is 0.0748. The summed E-state index contributed by atoms with van der Waals surface area (Å²) in [6.45, 7) is 3.18. The van der Waals surface area contributed by atoms with Crippen molar-refractivity contribution in [3.05, 3.63) is 71.4 Å². The van der Waals surface area contributed by atoms with E-state index in [1.807, 2.05) is 52.4 Å². The number of unbranched alkanes of at least 4 members (excludes halogenated alkanes) is 2. The maximum atomic E-state index is 13.7. The number of nitrogen functional groups attached to an aromatic ring is 1. The number of hydrogen-bond donors (Lipinski definition) is 3. The van der Waals surface area contributed by atoms with E-state index in [4.69, 9.17) is 24.7 Å². The number of hydrogen-bond acceptors (Lipinski definition) is 9. The number of nitrogens with zero attached hydrogens (tertiary/aromatic N) is 2. The molecule has 3 aromatic rings. The number of nitrogens with one attached hydrogen (secondary N) is 2. The summed E-state index contributed by atoms with van der Waals surface area (Å²) in [5, 5.41) is 6.92. The minimum Gasteiger partial charge on any atom is -0.493 e. The fourth-order valence-corrected chi connectivity index (χ4v) is 7.08. The minimum absolute atomic E-state index is 0.0114. The van der Waals surface area contributed by atoms with Gasteiger partial charge in [0.15, 0.2) is 23.0 Å². The van der Waals surface area contributed by atoms with Crippen molar-refractivity contribution in [3.8, 4) is 23.0 Å². The summed E-state index contributed by atoms with van der Waals surface area (Å²) < 4.78 is 23.5. The average molecular weight is 654 g/mol. The fourth-order valence-electron chi connectivity index (χ4n) is 7.08. The molecular weight excluding hydrogens is 610 g/mol. The number of ether oxygens (including phenoxy) is 4. The van der Waals surface area contributed by atoms with Crippen molar-refractivity contribution in [2.75, 3.05) is 63.4 Å². The van der Waals surface area contributed by atoms with E-state index in [1.54, 1.807) is 26.4 Å². The number of nitrogens with two attached hydrogens (primary N) is 1. The molecule has 0 saturated carbocycles. The summed E-state index contributed by atoms with van der Waals surface area (Å²) in [6.07, 6.45) is 7.32. The summed E-state index contributed by atoms with van der Waals surface area (Å²) >= 11 is 0. The van der Waals surface area contributed by atoms with Crippen molar-refractivity contribution in [2.24, 2.45) is 0 Å². The molecule has 2 atom stereocenters. The second-order valence-corrected chi connectivity index (χ2v) is 12.8. The molecule has 11 nitrogen and oxygen atoms in total. The quantitative estimate of drug-likeness (QED) is 0.178. The Bertz CT molecular complexity index is 1720. The first-order valence-electron chi connectivity index (χ1n) is 16.8. The highest BCUT2D eigenvalue weighted by Crippen LogP contribution is 2.40. The minimum atomic E-state index is -0.0656. The van der Waals surface area contributed by atoms with E-state index in [0.29, 0.717) is 59.6 Å². The molecule has 7 rings (SSSR count). The Morgan fingerprint density at radius 1 is 0.771 bits per heavy atom. The number of methoxy groups -OCH3 is 2. The third-order valence-corrected chi connectivity index (χ3v) is 9.73. The number of carbonyl (C=O) groups is 2. The van der Waals surface area contributed by atoms with Gasteiger partial charge in [0.2, 0.25) is 0 Å². The maximum Gasteiger partial charge on any atom is 0.260 e. The van der Waals surface area contributed by atoms with Gasteiger partial charge in [-0.1, -0.05) is 12.1 Å². The first kappa shape index (κ1) is 31.5. The highest BCUT2D eigenvalue weighted by Gasteiger charge is 2.36. The highest BCUT2D eigenvalue weighted by atomic mass is 16.5. The van der Waals surface area contributed by atoms with Gasteiger partial charge in [-0.25, -0.2) is 0 Å². The molecule has 4 aliphatic heterocycles. The van der Waals surface area contributed by atoms with Gasteiger partial charge in [-0.05, 0) is 73.9 Å². The van der Waals surface area contributed by atoms with Crippen LogP contribution in [-0.4, -0.2) is 80.8 Å². The Morgan fingerprint density at radius 3 is 2.00 bits per heavy atom. The molecule has 48 heavy (non-hydrogen) atoms. The van der Waals surface area contributed by atoms with Crippen molar-refractivity contribution in [1.29, 1.82) is 0 Å². The summed E-state index contributed by atoms with van der Waals surface area (Å²) in [5.41, 5.74) is 11.5. The topological polar surface area (TPSA) is 128 Å². The Labute approximate surface area is 281 Å². The first-order valence-corrected chi connectivity index (χ1v) is 16.8. The van der Waals surface area contributed by atoms with E-state index in [2.05, 4.69) is 10.6 Å². The van der Waals surface area contributed by atoms with Gasteiger partial charge in [0.1, 0.15) is 0 Å². The number of anilines is 3. The predicted octanol–water partition coefficient (Wildman–Crippen LogP) is 5.63. The number of amides is 2. The zero-order chi connectivity index (χ0) is 33.2. The number of benzene rings is 3. The molecule has 3 aromatic carbocycles. The third kappa shape index (κ3) is 6.16. The van der Waals surface area contributed by atoms with Crippen LogP contribution in [0.25, 0.3) is 5.57 Å². The van der Waals surface area contributed by atoms with Crippen molar-refractivity contribution in [2.45, 2.75) is 50.6 Å². The molecule has 0 radical (unpaired) electrons. The average Bonchev–Trinajstić information content (AvgIpc) is 3.71. The summed E-state index contributed by atoms with van der Waals surface area (Å²) in [7, 11) is 3.18. The van der Waals surface area contributed by atoms with Crippen molar-refractivity contribution in [1.82, 2.24) is 9.80 Å². The van der Waals surface area contributed by atoms with Gasteiger partial charge >= 0.3 is 0 Å². The van der Waals surface area contributed by atoms with Crippen LogP contribution in [0.1, 0.15) is 64.8 Å². The smallest absolute Gasteiger partial charge is 0.260 e. The van der Waals surface area contributed by atoms with Gasteiger partial charge in [-0.3, -0.25) is 9.59 Å². The molecule has 0 bridgehead atoms. The van der Waals surface area contributed by atoms with Gasteiger partial charge in [0.05, 0.1) is 56.0 Å².